The Balaban J connectivity index is 1.41. The molecule has 5 nitrogen and oxygen atoms in total. The summed E-state index contributed by atoms with van der Waals surface area (Å²) in [6.45, 7) is 5.68. The third-order valence-electron chi connectivity index (χ3n) is 6.01. The number of ether oxygens (including phenoxy) is 1. The molecule has 1 aliphatic rings. The maximum atomic E-state index is 12.8. The van der Waals surface area contributed by atoms with E-state index in [0.29, 0.717) is 6.04 Å². The van der Waals surface area contributed by atoms with Gasteiger partial charge in [-0.15, -0.1) is 0 Å². The Hall–Kier alpha value is -3.18. The highest BCUT2D eigenvalue weighted by Crippen LogP contribution is 2.28. The zero-order chi connectivity index (χ0) is 22.2. The molecule has 0 atom stereocenters. The number of amides is 1. The van der Waals surface area contributed by atoms with Crippen LogP contribution < -0.4 is 4.74 Å². The van der Waals surface area contributed by atoms with E-state index in [9.17, 15) is 4.79 Å². The zero-order valence-electron chi connectivity index (χ0n) is 18.7. The van der Waals surface area contributed by atoms with Crippen molar-refractivity contribution in [2.45, 2.75) is 38.8 Å². The molecule has 2 heterocycles. The standard InChI is InChI=1S/C27H31N3O2/c1-2-17-30(21-23-11-6-7-13-26(23)32-25-12-8-16-28-20-25)24-14-18-29(19-15-24)27(31)22-9-4-3-5-10-22/h3-13,16,20,24H,2,14-15,17-19,21H2,1H3. The molecule has 0 spiro atoms. The smallest absolute Gasteiger partial charge is 0.253 e. The van der Waals surface area contributed by atoms with Gasteiger partial charge in [0.15, 0.2) is 0 Å². The molecule has 166 valence electrons. The minimum absolute atomic E-state index is 0.140. The van der Waals surface area contributed by atoms with Crippen molar-refractivity contribution < 1.29 is 9.53 Å². The summed E-state index contributed by atoms with van der Waals surface area (Å²) >= 11 is 0. The average molecular weight is 430 g/mol. The first kappa shape index (κ1) is 22.0. The zero-order valence-corrected chi connectivity index (χ0v) is 18.7. The van der Waals surface area contributed by atoms with Gasteiger partial charge in [-0.05, 0) is 56.1 Å². The number of likely N-dealkylation sites (tertiary alicyclic amines) is 1. The lowest BCUT2D eigenvalue weighted by Crippen LogP contribution is -2.46. The van der Waals surface area contributed by atoms with Crippen LogP contribution in [0.2, 0.25) is 0 Å². The lowest BCUT2D eigenvalue weighted by atomic mass is 10.0. The highest BCUT2D eigenvalue weighted by atomic mass is 16.5. The highest BCUT2D eigenvalue weighted by Gasteiger charge is 2.27. The van der Waals surface area contributed by atoms with Crippen LogP contribution in [-0.4, -0.2) is 46.4 Å². The summed E-state index contributed by atoms with van der Waals surface area (Å²) in [7, 11) is 0. The molecule has 0 saturated carbocycles. The number of rotatable bonds is 8. The molecule has 0 unspecified atom stereocenters. The van der Waals surface area contributed by atoms with E-state index in [-0.39, 0.29) is 5.91 Å². The molecule has 0 aliphatic carbocycles. The van der Waals surface area contributed by atoms with Gasteiger partial charge in [-0.3, -0.25) is 14.7 Å². The molecule has 1 aliphatic heterocycles. The van der Waals surface area contributed by atoms with Gasteiger partial charge in [0, 0.05) is 43.0 Å². The Morgan fingerprint density at radius 1 is 1.03 bits per heavy atom. The Bertz CT molecular complexity index is 986. The van der Waals surface area contributed by atoms with E-state index in [4.69, 9.17) is 4.74 Å². The first-order valence-electron chi connectivity index (χ1n) is 11.5. The number of para-hydroxylation sites is 1. The summed E-state index contributed by atoms with van der Waals surface area (Å²) < 4.78 is 6.13. The minimum Gasteiger partial charge on any atom is -0.455 e. The summed E-state index contributed by atoms with van der Waals surface area (Å²) in [5, 5.41) is 0. The van der Waals surface area contributed by atoms with E-state index in [1.54, 1.807) is 12.4 Å². The van der Waals surface area contributed by atoms with Gasteiger partial charge in [0.05, 0.1) is 6.20 Å². The molecule has 1 saturated heterocycles. The highest BCUT2D eigenvalue weighted by molar-refractivity contribution is 5.94. The monoisotopic (exact) mass is 429 g/mol. The third kappa shape index (κ3) is 5.54. The predicted octanol–water partition coefficient (Wildman–Crippen LogP) is 5.39. The van der Waals surface area contributed by atoms with Crippen molar-refractivity contribution >= 4 is 5.91 Å². The van der Waals surface area contributed by atoms with Gasteiger partial charge in [0.25, 0.3) is 5.91 Å². The van der Waals surface area contributed by atoms with E-state index < -0.39 is 0 Å². The number of hydrogen-bond acceptors (Lipinski definition) is 4. The van der Waals surface area contributed by atoms with Crippen LogP contribution >= 0.6 is 0 Å². The minimum atomic E-state index is 0.140. The van der Waals surface area contributed by atoms with Crippen molar-refractivity contribution in [1.29, 1.82) is 0 Å². The molecule has 1 aromatic heterocycles. The van der Waals surface area contributed by atoms with Crippen LogP contribution in [0.3, 0.4) is 0 Å². The molecular weight excluding hydrogens is 398 g/mol. The van der Waals surface area contributed by atoms with Crippen molar-refractivity contribution in [3.8, 4) is 11.5 Å². The van der Waals surface area contributed by atoms with Gasteiger partial charge in [0.1, 0.15) is 11.5 Å². The fourth-order valence-corrected chi connectivity index (χ4v) is 4.36. The molecular formula is C27H31N3O2. The molecule has 0 radical (unpaired) electrons. The van der Waals surface area contributed by atoms with Crippen LogP contribution in [0.4, 0.5) is 0 Å². The van der Waals surface area contributed by atoms with Crippen LogP contribution in [0.1, 0.15) is 42.1 Å². The molecule has 5 heteroatoms. The molecule has 3 aromatic rings. The van der Waals surface area contributed by atoms with Crippen LogP contribution in [0, 0.1) is 0 Å². The maximum absolute atomic E-state index is 12.8. The van der Waals surface area contributed by atoms with Crippen molar-refractivity contribution in [1.82, 2.24) is 14.8 Å². The second kappa shape index (κ2) is 10.9. The Morgan fingerprint density at radius 2 is 1.78 bits per heavy atom. The van der Waals surface area contributed by atoms with Gasteiger partial charge in [-0.2, -0.15) is 0 Å². The van der Waals surface area contributed by atoms with Crippen LogP contribution in [0.15, 0.2) is 79.1 Å². The Kier molecular flexibility index (Phi) is 7.51. The van der Waals surface area contributed by atoms with Crippen LogP contribution in [-0.2, 0) is 6.54 Å². The number of piperidine rings is 1. The SMILES string of the molecule is CCCN(Cc1ccccc1Oc1cccnc1)C1CCN(C(=O)c2ccccc2)CC1. The van der Waals surface area contributed by atoms with Gasteiger partial charge in [0.2, 0.25) is 0 Å². The predicted molar refractivity (Wildman–Crippen MR) is 127 cm³/mol. The number of pyridine rings is 1. The quantitative estimate of drug-likeness (QED) is 0.482. The van der Waals surface area contributed by atoms with Crippen LogP contribution in [0.25, 0.3) is 0 Å². The summed E-state index contributed by atoms with van der Waals surface area (Å²) in [6.07, 6.45) is 6.56. The van der Waals surface area contributed by atoms with Gasteiger partial charge >= 0.3 is 0 Å². The van der Waals surface area contributed by atoms with E-state index in [2.05, 4.69) is 28.9 Å². The fraction of sp³-hybridized carbons (Fsp3) is 0.333. The number of aromatic nitrogens is 1. The van der Waals surface area contributed by atoms with Gasteiger partial charge in [-0.1, -0.05) is 43.3 Å². The summed E-state index contributed by atoms with van der Waals surface area (Å²) in [6, 6.07) is 22.1. The number of carbonyl (C=O) groups excluding carboxylic acids is 1. The van der Waals surface area contributed by atoms with Crippen LogP contribution in [0.5, 0.6) is 11.5 Å². The molecule has 0 N–H and O–H groups in total. The number of benzene rings is 2. The fourth-order valence-electron chi connectivity index (χ4n) is 4.36. The second-order valence-corrected chi connectivity index (χ2v) is 8.26. The topological polar surface area (TPSA) is 45.7 Å². The maximum Gasteiger partial charge on any atom is 0.253 e. The molecule has 0 bridgehead atoms. The molecule has 1 amide bonds. The van der Waals surface area contributed by atoms with Crippen molar-refractivity contribution in [3.05, 3.63) is 90.3 Å². The molecule has 32 heavy (non-hydrogen) atoms. The Labute approximate surface area is 190 Å². The Morgan fingerprint density at radius 3 is 2.50 bits per heavy atom. The third-order valence-corrected chi connectivity index (χ3v) is 6.01. The largest absolute Gasteiger partial charge is 0.455 e. The van der Waals surface area contributed by atoms with E-state index in [0.717, 1.165) is 62.5 Å². The first-order valence-corrected chi connectivity index (χ1v) is 11.5. The van der Waals surface area contributed by atoms with E-state index in [1.165, 1.54) is 5.56 Å². The van der Waals surface area contributed by atoms with E-state index >= 15 is 0 Å². The van der Waals surface area contributed by atoms with Crippen molar-refractivity contribution in [2.75, 3.05) is 19.6 Å². The summed E-state index contributed by atoms with van der Waals surface area (Å²) in [5.41, 5.74) is 1.95. The van der Waals surface area contributed by atoms with E-state index in [1.807, 2.05) is 59.5 Å². The summed E-state index contributed by atoms with van der Waals surface area (Å²) in [5.74, 6) is 1.76. The first-order chi connectivity index (χ1) is 15.7. The summed E-state index contributed by atoms with van der Waals surface area (Å²) in [4.78, 5) is 21.5. The van der Waals surface area contributed by atoms with Crippen molar-refractivity contribution in [2.24, 2.45) is 0 Å². The number of nitrogens with zero attached hydrogens (tertiary/aromatic N) is 3. The van der Waals surface area contributed by atoms with Gasteiger partial charge < -0.3 is 9.64 Å². The molecule has 4 rings (SSSR count). The number of hydrogen-bond donors (Lipinski definition) is 0. The molecule has 1 fully saturated rings. The lowest BCUT2D eigenvalue weighted by Gasteiger charge is -2.38. The lowest BCUT2D eigenvalue weighted by molar-refractivity contribution is 0.0606. The van der Waals surface area contributed by atoms with Crippen molar-refractivity contribution in [3.63, 3.8) is 0 Å². The normalized spacial score (nSPS) is 14.5. The number of carbonyl (C=O) groups is 1. The molecule has 2 aromatic carbocycles. The second-order valence-electron chi connectivity index (χ2n) is 8.26. The van der Waals surface area contributed by atoms with Gasteiger partial charge in [-0.25, -0.2) is 0 Å². The average Bonchev–Trinajstić information content (AvgIpc) is 2.86.